The molecule has 0 saturated carbocycles. The maximum atomic E-state index is 14.8. The first-order valence-electron chi connectivity index (χ1n) is 10.7. The molecule has 0 aromatic heterocycles. The number of aliphatic hydroxyl groups is 3. The van der Waals surface area contributed by atoms with E-state index in [1.807, 2.05) is 12.1 Å². The molecule has 2 aromatic carbocycles. The molecule has 4 N–H and O–H groups in total. The standard InChI is InChI=1S/C24H29FO7/c1-24(25)20(12-26)32-22(21(28)23(24)29)16-10-15(19(30-2)11-17(16)27)9-13-5-6-18-14(8-13)4-3-7-31-18/h5-6,8,10-11,20-23,26-29H,3-4,7,9,12H2,1-2H3/t20-,21+,22+,23-,24-/m1/s1. The molecule has 0 aliphatic carbocycles. The largest absolute Gasteiger partial charge is 0.507 e. The second-order valence-corrected chi connectivity index (χ2v) is 8.61. The number of ether oxygens (including phenoxy) is 3. The average Bonchev–Trinajstić information content (AvgIpc) is 2.79. The molecule has 0 spiro atoms. The van der Waals surface area contributed by atoms with Crippen molar-refractivity contribution in [2.24, 2.45) is 0 Å². The highest BCUT2D eigenvalue weighted by Crippen LogP contribution is 2.44. The molecule has 4 rings (SSSR count). The molecule has 1 saturated heterocycles. The van der Waals surface area contributed by atoms with Crippen molar-refractivity contribution in [2.45, 2.75) is 56.3 Å². The Morgan fingerprint density at radius 3 is 2.72 bits per heavy atom. The van der Waals surface area contributed by atoms with Crippen LogP contribution in [0.15, 0.2) is 30.3 Å². The van der Waals surface area contributed by atoms with Gasteiger partial charge in [-0.15, -0.1) is 0 Å². The Hall–Kier alpha value is -2.39. The van der Waals surface area contributed by atoms with Crippen LogP contribution < -0.4 is 9.47 Å². The fraction of sp³-hybridized carbons (Fsp3) is 0.500. The number of hydrogen-bond acceptors (Lipinski definition) is 7. The average molecular weight is 448 g/mol. The number of phenols is 1. The summed E-state index contributed by atoms with van der Waals surface area (Å²) in [6, 6.07) is 9.01. The van der Waals surface area contributed by atoms with Crippen LogP contribution in [0, 0.1) is 0 Å². The van der Waals surface area contributed by atoms with Crippen molar-refractivity contribution in [3.63, 3.8) is 0 Å². The van der Waals surface area contributed by atoms with E-state index in [0.29, 0.717) is 18.8 Å². The lowest BCUT2D eigenvalue weighted by atomic mass is 9.83. The second-order valence-electron chi connectivity index (χ2n) is 8.61. The van der Waals surface area contributed by atoms with Gasteiger partial charge in [0.25, 0.3) is 0 Å². The Kier molecular flexibility index (Phi) is 6.31. The third-order valence-corrected chi connectivity index (χ3v) is 6.42. The molecule has 5 atom stereocenters. The number of fused-ring (bicyclic) bond motifs is 1. The van der Waals surface area contributed by atoms with Gasteiger partial charge < -0.3 is 34.6 Å². The number of aryl methyl sites for hydroxylation is 1. The smallest absolute Gasteiger partial charge is 0.164 e. The molecule has 2 aliphatic heterocycles. The fourth-order valence-corrected chi connectivity index (χ4v) is 4.49. The van der Waals surface area contributed by atoms with E-state index >= 15 is 0 Å². The van der Waals surface area contributed by atoms with Gasteiger partial charge in [-0.05, 0) is 48.6 Å². The quantitative estimate of drug-likeness (QED) is 0.555. The zero-order valence-corrected chi connectivity index (χ0v) is 18.1. The highest BCUT2D eigenvalue weighted by Gasteiger charge is 2.54. The molecule has 0 amide bonds. The van der Waals surface area contributed by atoms with Gasteiger partial charge in [0.05, 0.1) is 20.3 Å². The van der Waals surface area contributed by atoms with Crippen LogP contribution >= 0.6 is 0 Å². The minimum atomic E-state index is -2.35. The Balaban J connectivity index is 1.68. The second kappa shape index (κ2) is 8.86. The van der Waals surface area contributed by atoms with Crippen molar-refractivity contribution in [1.29, 1.82) is 0 Å². The molecular formula is C24H29FO7. The monoisotopic (exact) mass is 448 g/mol. The van der Waals surface area contributed by atoms with Crippen LogP contribution in [0.1, 0.15) is 41.7 Å². The van der Waals surface area contributed by atoms with Crippen LogP contribution in [0.3, 0.4) is 0 Å². The molecule has 174 valence electrons. The number of phenolic OH excluding ortho intramolecular Hbond substituents is 1. The summed E-state index contributed by atoms with van der Waals surface area (Å²) in [5.41, 5.74) is 0.702. The van der Waals surface area contributed by atoms with Crippen molar-refractivity contribution >= 4 is 0 Å². The van der Waals surface area contributed by atoms with E-state index in [-0.39, 0.29) is 11.3 Å². The normalized spacial score (nSPS) is 29.8. The molecule has 1 fully saturated rings. The van der Waals surface area contributed by atoms with E-state index in [2.05, 4.69) is 6.07 Å². The highest BCUT2D eigenvalue weighted by molar-refractivity contribution is 5.50. The van der Waals surface area contributed by atoms with Crippen molar-refractivity contribution in [3.05, 3.63) is 52.6 Å². The topological polar surface area (TPSA) is 109 Å². The van der Waals surface area contributed by atoms with Gasteiger partial charge >= 0.3 is 0 Å². The summed E-state index contributed by atoms with van der Waals surface area (Å²) in [6.45, 7) is 1.09. The molecule has 2 aliphatic rings. The molecule has 0 bridgehead atoms. The highest BCUT2D eigenvalue weighted by atomic mass is 19.1. The van der Waals surface area contributed by atoms with Gasteiger partial charge in [0.2, 0.25) is 0 Å². The van der Waals surface area contributed by atoms with Crippen molar-refractivity contribution in [2.75, 3.05) is 20.3 Å². The molecule has 0 radical (unpaired) electrons. The summed E-state index contributed by atoms with van der Waals surface area (Å²) in [7, 11) is 1.49. The number of rotatable bonds is 5. The maximum Gasteiger partial charge on any atom is 0.164 e. The maximum absolute atomic E-state index is 14.8. The molecule has 2 aromatic rings. The fourth-order valence-electron chi connectivity index (χ4n) is 4.49. The van der Waals surface area contributed by atoms with Crippen LogP contribution in [0.5, 0.6) is 17.2 Å². The van der Waals surface area contributed by atoms with Crippen LogP contribution in [0.2, 0.25) is 0 Å². The number of aromatic hydroxyl groups is 1. The summed E-state index contributed by atoms with van der Waals surface area (Å²) >= 11 is 0. The Bertz CT molecular complexity index is 973. The first kappa shape index (κ1) is 22.8. The van der Waals surface area contributed by atoms with Gasteiger partial charge in [-0.25, -0.2) is 4.39 Å². The van der Waals surface area contributed by atoms with Gasteiger partial charge in [0.1, 0.15) is 41.7 Å². The van der Waals surface area contributed by atoms with Crippen LogP contribution in [-0.2, 0) is 17.6 Å². The number of halogens is 1. The Labute approximate surface area is 186 Å². The number of benzene rings is 2. The number of hydrogen-bond donors (Lipinski definition) is 4. The lowest BCUT2D eigenvalue weighted by Crippen LogP contribution is -2.60. The molecule has 32 heavy (non-hydrogen) atoms. The van der Waals surface area contributed by atoms with E-state index in [4.69, 9.17) is 14.2 Å². The lowest BCUT2D eigenvalue weighted by Gasteiger charge is -2.45. The van der Waals surface area contributed by atoms with E-state index < -0.39 is 36.7 Å². The SMILES string of the molecule is COc1cc(O)c([C@@H]2O[C@H](CO)[C@@](C)(F)[C@H](O)[C@H]2O)cc1Cc1ccc2c(c1)CCCO2. The van der Waals surface area contributed by atoms with Crippen LogP contribution in [0.4, 0.5) is 4.39 Å². The zero-order valence-electron chi connectivity index (χ0n) is 18.1. The van der Waals surface area contributed by atoms with Gasteiger partial charge in [-0.2, -0.15) is 0 Å². The molecule has 8 heteroatoms. The lowest BCUT2D eigenvalue weighted by molar-refractivity contribution is -0.249. The molecule has 7 nitrogen and oxygen atoms in total. The summed E-state index contributed by atoms with van der Waals surface area (Å²) in [5, 5.41) is 41.0. The minimum absolute atomic E-state index is 0.183. The summed E-state index contributed by atoms with van der Waals surface area (Å²) in [4.78, 5) is 0. The predicted octanol–water partition coefficient (Wildman–Crippen LogP) is 2.20. The first-order valence-corrected chi connectivity index (χ1v) is 10.7. The predicted molar refractivity (Wildman–Crippen MR) is 114 cm³/mol. The minimum Gasteiger partial charge on any atom is -0.507 e. The summed E-state index contributed by atoms with van der Waals surface area (Å²) in [6.07, 6.45) is -3.67. The Morgan fingerprint density at radius 2 is 2.00 bits per heavy atom. The van der Waals surface area contributed by atoms with Crippen molar-refractivity contribution in [1.82, 2.24) is 0 Å². The summed E-state index contributed by atoms with van der Waals surface area (Å²) < 4.78 is 31.5. The molecule has 2 heterocycles. The van der Waals surface area contributed by atoms with Crippen LogP contribution in [0.25, 0.3) is 0 Å². The van der Waals surface area contributed by atoms with Crippen molar-refractivity contribution < 1.29 is 39.0 Å². The van der Waals surface area contributed by atoms with E-state index in [0.717, 1.165) is 42.2 Å². The van der Waals surface area contributed by atoms with Gasteiger partial charge in [-0.1, -0.05) is 12.1 Å². The third kappa shape index (κ3) is 4.03. The first-order chi connectivity index (χ1) is 15.3. The van der Waals surface area contributed by atoms with E-state index in [1.54, 1.807) is 6.07 Å². The summed E-state index contributed by atoms with van der Waals surface area (Å²) in [5.74, 6) is 1.11. The number of alkyl halides is 1. The van der Waals surface area contributed by atoms with Gasteiger partial charge in [-0.3, -0.25) is 0 Å². The Morgan fingerprint density at radius 1 is 1.22 bits per heavy atom. The van der Waals surface area contributed by atoms with Gasteiger partial charge in [0.15, 0.2) is 5.67 Å². The number of aliphatic hydroxyl groups excluding tert-OH is 3. The number of methoxy groups -OCH3 is 1. The van der Waals surface area contributed by atoms with E-state index in [1.165, 1.54) is 13.2 Å². The molecule has 0 unspecified atom stereocenters. The molecular weight excluding hydrogens is 419 g/mol. The van der Waals surface area contributed by atoms with Crippen LogP contribution in [-0.4, -0.2) is 64.7 Å². The zero-order chi connectivity index (χ0) is 23.0. The van der Waals surface area contributed by atoms with E-state index in [9.17, 15) is 24.8 Å². The van der Waals surface area contributed by atoms with Crippen molar-refractivity contribution in [3.8, 4) is 17.2 Å². The third-order valence-electron chi connectivity index (χ3n) is 6.42. The van der Waals surface area contributed by atoms with Gasteiger partial charge in [0, 0.05) is 18.1 Å².